The lowest BCUT2D eigenvalue weighted by molar-refractivity contribution is -0.115. The van der Waals surface area contributed by atoms with E-state index < -0.39 is 0 Å². The van der Waals surface area contributed by atoms with Gasteiger partial charge in [0.05, 0.1) is 10.6 Å². The van der Waals surface area contributed by atoms with Gasteiger partial charge in [-0.05, 0) is 72.3 Å². The van der Waals surface area contributed by atoms with Crippen molar-refractivity contribution < 1.29 is 14.3 Å². The molecule has 1 aliphatic heterocycles. The van der Waals surface area contributed by atoms with Crippen LogP contribution in [0.25, 0.3) is 6.08 Å². The number of aryl methyl sites for hydroxylation is 1. The molecular weight excluding hydrogens is 434 g/mol. The quantitative estimate of drug-likeness (QED) is 0.484. The first-order chi connectivity index (χ1) is 15.9. The van der Waals surface area contributed by atoms with Gasteiger partial charge >= 0.3 is 0 Å². The molecule has 3 aromatic carbocycles. The zero-order chi connectivity index (χ0) is 23.2. The molecule has 1 fully saturated rings. The van der Waals surface area contributed by atoms with Gasteiger partial charge in [0, 0.05) is 12.6 Å². The molecule has 3 aromatic rings. The molecule has 1 heterocycles. The predicted molar refractivity (Wildman–Crippen MR) is 134 cm³/mol. The molecule has 0 saturated carbocycles. The molecule has 2 N–H and O–H groups in total. The minimum Gasteiger partial charge on any atom is -0.489 e. The molecule has 2 amide bonds. The summed E-state index contributed by atoms with van der Waals surface area (Å²) in [6.07, 6.45) is 1.82. The number of anilines is 1. The second-order valence-electron chi connectivity index (χ2n) is 7.56. The Kier molecular flexibility index (Phi) is 6.90. The summed E-state index contributed by atoms with van der Waals surface area (Å²) in [4.78, 5) is 28.6. The van der Waals surface area contributed by atoms with Crippen molar-refractivity contribution in [2.24, 2.45) is 4.99 Å². The molecule has 1 saturated heterocycles. The fraction of sp³-hybridized carbons (Fsp3) is 0.115. The van der Waals surface area contributed by atoms with Gasteiger partial charge in [0.25, 0.3) is 5.91 Å². The Hall–Kier alpha value is -3.84. The number of amidine groups is 1. The van der Waals surface area contributed by atoms with Crippen LogP contribution < -0.4 is 15.4 Å². The van der Waals surface area contributed by atoms with E-state index in [1.54, 1.807) is 24.3 Å². The van der Waals surface area contributed by atoms with Crippen LogP contribution in [-0.4, -0.2) is 17.0 Å². The highest BCUT2D eigenvalue weighted by atomic mass is 32.2. The average molecular weight is 458 g/mol. The molecule has 0 radical (unpaired) electrons. The third kappa shape index (κ3) is 6.33. The number of hydrogen-bond donors (Lipinski definition) is 2. The maximum absolute atomic E-state index is 12.4. The zero-order valence-corrected chi connectivity index (χ0v) is 19.1. The normalized spacial score (nSPS) is 15.5. The fourth-order valence-corrected chi connectivity index (χ4v) is 3.96. The molecule has 33 heavy (non-hydrogen) atoms. The third-order valence-electron chi connectivity index (χ3n) is 4.75. The van der Waals surface area contributed by atoms with Crippen LogP contribution in [0.5, 0.6) is 5.75 Å². The summed E-state index contributed by atoms with van der Waals surface area (Å²) in [6.45, 7) is 3.99. The van der Waals surface area contributed by atoms with Crippen molar-refractivity contribution in [2.75, 3.05) is 5.32 Å². The first kappa shape index (κ1) is 22.4. The monoisotopic (exact) mass is 457 g/mol. The van der Waals surface area contributed by atoms with Gasteiger partial charge in [-0.25, -0.2) is 4.99 Å². The van der Waals surface area contributed by atoms with Gasteiger partial charge in [-0.15, -0.1) is 0 Å². The Morgan fingerprint density at radius 3 is 2.58 bits per heavy atom. The van der Waals surface area contributed by atoms with Crippen LogP contribution in [0.2, 0.25) is 0 Å². The highest BCUT2D eigenvalue weighted by Gasteiger charge is 2.23. The Balaban J connectivity index is 1.42. The van der Waals surface area contributed by atoms with E-state index in [9.17, 15) is 9.59 Å². The molecule has 0 atom stereocenters. The van der Waals surface area contributed by atoms with Crippen molar-refractivity contribution in [2.45, 2.75) is 20.5 Å². The van der Waals surface area contributed by atoms with E-state index in [-0.39, 0.29) is 11.8 Å². The number of thioether (sulfide) groups is 1. The molecule has 0 aromatic heterocycles. The van der Waals surface area contributed by atoms with Gasteiger partial charge in [0.1, 0.15) is 12.4 Å². The fourth-order valence-electron chi connectivity index (χ4n) is 3.12. The van der Waals surface area contributed by atoms with E-state index in [0.29, 0.717) is 28.1 Å². The molecule has 0 aliphatic carbocycles. The number of ether oxygens (including phenoxy) is 1. The summed E-state index contributed by atoms with van der Waals surface area (Å²) in [5.41, 5.74) is 4.56. The van der Waals surface area contributed by atoms with Crippen LogP contribution >= 0.6 is 11.8 Å². The van der Waals surface area contributed by atoms with Crippen molar-refractivity contribution in [1.29, 1.82) is 0 Å². The second kappa shape index (κ2) is 10.2. The van der Waals surface area contributed by atoms with E-state index in [1.165, 1.54) is 24.2 Å². The number of benzene rings is 3. The lowest BCUT2D eigenvalue weighted by Gasteiger charge is -2.07. The van der Waals surface area contributed by atoms with Crippen LogP contribution in [0.4, 0.5) is 11.4 Å². The predicted octanol–water partition coefficient (Wildman–Crippen LogP) is 5.42. The summed E-state index contributed by atoms with van der Waals surface area (Å²) in [6, 6.07) is 22.9. The Morgan fingerprint density at radius 2 is 1.85 bits per heavy atom. The minimum atomic E-state index is -0.195. The van der Waals surface area contributed by atoms with Gasteiger partial charge in [-0.3, -0.25) is 9.59 Å². The van der Waals surface area contributed by atoms with E-state index in [2.05, 4.69) is 46.8 Å². The highest BCUT2D eigenvalue weighted by Crippen LogP contribution is 2.29. The Labute approximate surface area is 196 Å². The summed E-state index contributed by atoms with van der Waals surface area (Å²) in [5.74, 6) is 0.410. The number of amides is 2. The van der Waals surface area contributed by atoms with Crippen molar-refractivity contribution in [3.8, 4) is 5.75 Å². The van der Waals surface area contributed by atoms with Crippen LogP contribution in [-0.2, 0) is 16.2 Å². The lowest BCUT2D eigenvalue weighted by Crippen LogP contribution is -2.19. The van der Waals surface area contributed by atoms with Gasteiger partial charge < -0.3 is 15.4 Å². The Bertz CT molecular complexity index is 1230. The number of rotatable bonds is 6. The lowest BCUT2D eigenvalue weighted by atomic mass is 10.1. The van der Waals surface area contributed by atoms with E-state index in [4.69, 9.17) is 4.74 Å². The van der Waals surface area contributed by atoms with E-state index >= 15 is 0 Å². The summed E-state index contributed by atoms with van der Waals surface area (Å²) >= 11 is 1.28. The van der Waals surface area contributed by atoms with Crippen LogP contribution in [0.1, 0.15) is 23.6 Å². The maximum Gasteiger partial charge on any atom is 0.264 e. The van der Waals surface area contributed by atoms with Gasteiger partial charge in [-0.1, -0.05) is 42.0 Å². The van der Waals surface area contributed by atoms with Crippen LogP contribution in [0, 0.1) is 6.92 Å². The number of nitrogens with zero attached hydrogens (tertiary/aromatic N) is 1. The molecule has 166 valence electrons. The van der Waals surface area contributed by atoms with Crippen molar-refractivity contribution in [3.05, 3.63) is 94.4 Å². The maximum atomic E-state index is 12.4. The zero-order valence-electron chi connectivity index (χ0n) is 18.3. The first-order valence-corrected chi connectivity index (χ1v) is 11.2. The third-order valence-corrected chi connectivity index (χ3v) is 5.66. The molecular formula is C26H23N3O3S. The SMILES string of the molecule is CC(=O)Nc1ccc(N=C2NC(=O)/C(=C/c3cccc(OCc4ccc(C)cc4)c3)S2)cc1. The molecule has 1 aliphatic rings. The number of hydrogen-bond acceptors (Lipinski definition) is 5. The smallest absolute Gasteiger partial charge is 0.264 e. The highest BCUT2D eigenvalue weighted by molar-refractivity contribution is 8.18. The summed E-state index contributed by atoms with van der Waals surface area (Å²) in [7, 11) is 0. The van der Waals surface area contributed by atoms with Crippen LogP contribution in [0.3, 0.4) is 0 Å². The molecule has 0 bridgehead atoms. The minimum absolute atomic E-state index is 0.132. The number of aliphatic imine (C=N–C) groups is 1. The van der Waals surface area contributed by atoms with E-state index in [0.717, 1.165) is 16.9 Å². The summed E-state index contributed by atoms with van der Waals surface area (Å²) < 4.78 is 5.91. The summed E-state index contributed by atoms with van der Waals surface area (Å²) in [5, 5.41) is 6.01. The molecule has 0 unspecified atom stereocenters. The van der Waals surface area contributed by atoms with Crippen molar-refractivity contribution in [1.82, 2.24) is 5.32 Å². The number of carbonyl (C=O) groups is 2. The first-order valence-electron chi connectivity index (χ1n) is 10.4. The standard InChI is InChI=1S/C26H23N3O3S/c1-17-6-8-19(9-7-17)16-32-23-5-3-4-20(14-23)15-24-25(31)29-26(33-24)28-22-12-10-21(11-13-22)27-18(2)30/h3-15H,16H2,1-2H3,(H,27,30)(H,28,29,31)/b24-15-. The molecule has 4 rings (SSSR count). The van der Waals surface area contributed by atoms with Gasteiger partial charge in [0.2, 0.25) is 5.91 Å². The molecule has 0 spiro atoms. The number of nitrogens with one attached hydrogen (secondary N) is 2. The topological polar surface area (TPSA) is 79.8 Å². The average Bonchev–Trinajstić information content (AvgIpc) is 3.13. The molecule has 7 heteroatoms. The van der Waals surface area contributed by atoms with Gasteiger partial charge in [0.15, 0.2) is 5.17 Å². The largest absolute Gasteiger partial charge is 0.489 e. The second-order valence-corrected chi connectivity index (χ2v) is 8.59. The van der Waals surface area contributed by atoms with E-state index in [1.807, 2.05) is 30.3 Å². The van der Waals surface area contributed by atoms with Crippen LogP contribution in [0.15, 0.2) is 82.7 Å². The van der Waals surface area contributed by atoms with Gasteiger partial charge in [-0.2, -0.15) is 0 Å². The van der Waals surface area contributed by atoms with Crippen molar-refractivity contribution in [3.63, 3.8) is 0 Å². The van der Waals surface area contributed by atoms with Crippen molar-refractivity contribution >= 4 is 46.2 Å². The number of carbonyl (C=O) groups excluding carboxylic acids is 2. The molecule has 6 nitrogen and oxygen atoms in total. The Morgan fingerprint density at radius 1 is 1.09 bits per heavy atom.